The Morgan fingerprint density at radius 2 is 1.77 bits per heavy atom. The number of primary amides is 1. The molecule has 0 aromatic carbocycles. The molecule has 1 heterocycles. The van der Waals surface area contributed by atoms with Gasteiger partial charge >= 0.3 is 0 Å². The topological polar surface area (TPSA) is 68.4 Å². The number of nitrogens with zero attached hydrogens (tertiary/aromatic N) is 2. The minimum Gasteiger partial charge on any atom is -0.372 e. The van der Waals surface area contributed by atoms with Crippen LogP contribution in [0.4, 0.5) is 5.82 Å². The number of unbranched alkanes of at least 4 members (excludes halogenated alkanes) is 1. The van der Waals surface area contributed by atoms with Crippen molar-refractivity contribution < 1.29 is 8.98 Å². The molecule has 43 heavy (non-hydrogen) atoms. The van der Waals surface area contributed by atoms with Crippen molar-refractivity contribution in [1.29, 1.82) is 0 Å². The van der Waals surface area contributed by atoms with Crippen LogP contribution in [0.25, 0.3) is 0 Å². The molecule has 4 fully saturated rings. The molecule has 4 aliphatic carbocycles. The Morgan fingerprint density at radius 1 is 1.02 bits per heavy atom. The van der Waals surface area contributed by atoms with Crippen LogP contribution in [0, 0.1) is 46.3 Å². The molecular formula is C37H65N3O2S. The second kappa shape index (κ2) is 17.4. The summed E-state index contributed by atoms with van der Waals surface area (Å²) in [6.45, 7) is 19.3. The third kappa shape index (κ3) is 8.12. The summed E-state index contributed by atoms with van der Waals surface area (Å²) in [5.41, 5.74) is 5.34. The maximum Gasteiger partial charge on any atom is 0.204 e. The summed E-state index contributed by atoms with van der Waals surface area (Å²) in [5, 5.41) is 0. The fourth-order valence-corrected chi connectivity index (χ4v) is 10.8. The van der Waals surface area contributed by atoms with E-state index in [1.165, 1.54) is 95.5 Å². The van der Waals surface area contributed by atoms with Gasteiger partial charge in [-0.25, -0.2) is 4.98 Å². The van der Waals surface area contributed by atoms with E-state index in [-0.39, 0.29) is 6.41 Å². The van der Waals surface area contributed by atoms with E-state index in [0.29, 0.717) is 10.8 Å². The minimum absolute atomic E-state index is 0.250. The van der Waals surface area contributed by atoms with Gasteiger partial charge in [-0.05, 0) is 123 Å². The second-order valence-electron chi connectivity index (χ2n) is 14.1. The van der Waals surface area contributed by atoms with E-state index >= 15 is 0 Å². The molecule has 4 saturated carbocycles. The van der Waals surface area contributed by atoms with Crippen molar-refractivity contribution in [3.05, 3.63) is 18.3 Å². The molecule has 5 rings (SSSR count). The first-order valence-electron chi connectivity index (χ1n) is 18.0. The summed E-state index contributed by atoms with van der Waals surface area (Å²) in [6, 6.07) is 4.35. The van der Waals surface area contributed by atoms with Crippen molar-refractivity contribution in [2.75, 3.05) is 24.6 Å². The van der Waals surface area contributed by atoms with E-state index in [2.05, 4.69) is 57.4 Å². The van der Waals surface area contributed by atoms with Crippen LogP contribution >= 0.6 is 12.0 Å². The monoisotopic (exact) mass is 615 g/mol. The van der Waals surface area contributed by atoms with Crippen molar-refractivity contribution >= 4 is 24.3 Å². The highest BCUT2D eigenvalue weighted by Gasteiger charge is 2.60. The molecule has 1 aromatic rings. The first-order chi connectivity index (χ1) is 20.9. The van der Waals surface area contributed by atoms with Crippen LogP contribution in [-0.2, 0) is 8.98 Å². The van der Waals surface area contributed by atoms with Gasteiger partial charge < -0.3 is 14.8 Å². The molecule has 0 aliphatic heterocycles. The zero-order valence-corrected chi connectivity index (χ0v) is 29.6. The normalized spacial score (nSPS) is 34.3. The van der Waals surface area contributed by atoms with Gasteiger partial charge in [0.05, 0.1) is 11.5 Å². The number of carbonyl (C=O) groups excluding carboxylic acids is 1. The fraction of sp³-hybridized carbons (Fsp3) is 0.838. The summed E-state index contributed by atoms with van der Waals surface area (Å²) in [4.78, 5) is 16.8. The third-order valence-electron chi connectivity index (χ3n) is 12.4. The lowest BCUT2D eigenvalue weighted by Gasteiger charge is -2.62. The van der Waals surface area contributed by atoms with Gasteiger partial charge in [-0.1, -0.05) is 67.2 Å². The second-order valence-corrected chi connectivity index (χ2v) is 14.9. The molecule has 5 nitrogen and oxygen atoms in total. The average Bonchev–Trinajstić information content (AvgIpc) is 3.37. The summed E-state index contributed by atoms with van der Waals surface area (Å²) in [7, 11) is 0. The average molecular weight is 616 g/mol. The quantitative estimate of drug-likeness (QED) is 0.152. The Labute approximate surface area is 269 Å². The van der Waals surface area contributed by atoms with E-state index in [1.54, 1.807) is 0 Å². The maximum absolute atomic E-state index is 8.58. The molecule has 0 spiro atoms. The number of pyridine rings is 1. The molecule has 0 bridgehead atoms. The lowest BCUT2D eigenvalue weighted by Crippen LogP contribution is -2.55. The Balaban J connectivity index is 0.000000953. The molecule has 4 aliphatic rings. The summed E-state index contributed by atoms with van der Waals surface area (Å²) >= 11 is 1.53. The molecule has 1 aromatic heterocycles. The van der Waals surface area contributed by atoms with Crippen LogP contribution in [0.5, 0.6) is 0 Å². The number of carbonyl (C=O) groups is 1. The molecule has 0 radical (unpaired) electrons. The van der Waals surface area contributed by atoms with E-state index in [9.17, 15) is 0 Å². The van der Waals surface area contributed by atoms with E-state index in [0.717, 1.165) is 65.9 Å². The SMILES string of the molecule is CC.CCCCN(CC)c1ccc(SOCCC2CCC3C4C[C@H](CC)C5CCCCC5(C)[C@H]4CCC23C)cn1.NC=O. The van der Waals surface area contributed by atoms with Gasteiger partial charge in [-0.3, -0.25) is 4.79 Å². The standard InChI is InChI=1S/C34H56N2OS.C2H6.CH3NO/c1-6-9-21-36(8-3)32-16-14-27(24-35-32)38-37-22-18-26-13-15-30-28-23-25(7-2)29-12-10-11-19-34(29,5)31(28)17-20-33(26,30)4;1-2;2-1-3/h14,16,24-26,28-31H,6-13,15,17-23H2,1-5H3;1-2H3;1H,(H2,2,3)/t25-,26?,28?,29?,30?,31-,33?,34?;;/m0../s1. The number of nitrogens with two attached hydrogens (primary N) is 1. The lowest BCUT2D eigenvalue weighted by atomic mass is 9.42. The number of fused-ring (bicyclic) bond motifs is 5. The van der Waals surface area contributed by atoms with Crippen LogP contribution in [0.3, 0.4) is 0 Å². The van der Waals surface area contributed by atoms with Crippen LogP contribution < -0.4 is 10.6 Å². The van der Waals surface area contributed by atoms with Crippen LogP contribution in [0.15, 0.2) is 23.2 Å². The predicted octanol–water partition coefficient (Wildman–Crippen LogP) is 9.93. The zero-order chi connectivity index (χ0) is 31.5. The Hall–Kier alpha value is -1.27. The van der Waals surface area contributed by atoms with Crippen LogP contribution in [0.2, 0.25) is 0 Å². The third-order valence-corrected chi connectivity index (χ3v) is 13.1. The Bertz CT molecular complexity index is 944. The Kier molecular flexibility index (Phi) is 14.7. The van der Waals surface area contributed by atoms with E-state index < -0.39 is 0 Å². The summed E-state index contributed by atoms with van der Waals surface area (Å²) in [6.07, 6.45) is 20.7. The van der Waals surface area contributed by atoms with E-state index in [1.807, 2.05) is 20.0 Å². The van der Waals surface area contributed by atoms with Gasteiger partial charge in [0.25, 0.3) is 0 Å². The van der Waals surface area contributed by atoms with Gasteiger partial charge in [-0.15, -0.1) is 0 Å². The predicted molar refractivity (Wildman–Crippen MR) is 184 cm³/mol. The number of aromatic nitrogens is 1. The minimum atomic E-state index is 0.250. The largest absolute Gasteiger partial charge is 0.372 e. The van der Waals surface area contributed by atoms with Crippen molar-refractivity contribution in [3.8, 4) is 0 Å². The number of amides is 1. The molecule has 1 amide bonds. The molecule has 6 unspecified atom stereocenters. The van der Waals surface area contributed by atoms with Gasteiger partial charge in [0.2, 0.25) is 6.41 Å². The fourth-order valence-electron chi connectivity index (χ4n) is 10.3. The highest BCUT2D eigenvalue weighted by molar-refractivity contribution is 7.94. The number of rotatable bonds is 11. The van der Waals surface area contributed by atoms with Crippen LogP contribution in [0.1, 0.15) is 132 Å². The van der Waals surface area contributed by atoms with Gasteiger partial charge in [0, 0.05) is 31.3 Å². The molecule has 8 atom stereocenters. The summed E-state index contributed by atoms with van der Waals surface area (Å²) < 4.78 is 6.19. The highest BCUT2D eigenvalue weighted by Crippen LogP contribution is 2.69. The molecular weight excluding hydrogens is 550 g/mol. The first-order valence-corrected chi connectivity index (χ1v) is 18.8. The molecule has 6 heteroatoms. The number of hydrogen-bond acceptors (Lipinski definition) is 5. The summed E-state index contributed by atoms with van der Waals surface area (Å²) in [5.74, 6) is 6.87. The van der Waals surface area contributed by atoms with Gasteiger partial charge in [0.1, 0.15) is 5.82 Å². The molecule has 0 saturated heterocycles. The Morgan fingerprint density at radius 3 is 2.42 bits per heavy atom. The van der Waals surface area contributed by atoms with Crippen molar-refractivity contribution in [2.24, 2.45) is 52.1 Å². The first kappa shape index (κ1) is 36.2. The van der Waals surface area contributed by atoms with Crippen molar-refractivity contribution in [3.63, 3.8) is 0 Å². The van der Waals surface area contributed by atoms with Gasteiger partial charge in [-0.2, -0.15) is 0 Å². The number of hydrogen-bond donors (Lipinski definition) is 1. The molecule has 2 N–H and O–H groups in total. The zero-order valence-electron chi connectivity index (χ0n) is 28.8. The number of anilines is 1. The highest BCUT2D eigenvalue weighted by atomic mass is 32.2. The van der Waals surface area contributed by atoms with Crippen molar-refractivity contribution in [2.45, 2.75) is 137 Å². The molecule has 246 valence electrons. The lowest BCUT2D eigenvalue weighted by molar-refractivity contribution is -0.136. The van der Waals surface area contributed by atoms with Gasteiger partial charge in [0.15, 0.2) is 0 Å². The smallest absolute Gasteiger partial charge is 0.204 e. The van der Waals surface area contributed by atoms with Crippen LogP contribution in [-0.4, -0.2) is 31.1 Å². The van der Waals surface area contributed by atoms with Crippen molar-refractivity contribution in [1.82, 2.24) is 4.98 Å². The maximum atomic E-state index is 8.58. The van der Waals surface area contributed by atoms with E-state index in [4.69, 9.17) is 14.0 Å².